The summed E-state index contributed by atoms with van der Waals surface area (Å²) in [5, 5.41) is 0.275. The van der Waals surface area contributed by atoms with Crippen LogP contribution in [0.25, 0.3) is 0 Å². The van der Waals surface area contributed by atoms with Crippen molar-refractivity contribution in [2.75, 3.05) is 0 Å². The molecule has 1 heterocycles. The molecule has 1 fully saturated rings. The number of imide groups is 1. The van der Waals surface area contributed by atoms with Crippen molar-refractivity contribution in [3.05, 3.63) is 33.8 Å². The molecule has 112 valence electrons. The highest BCUT2D eigenvalue weighted by Gasteiger charge is 2.36. The van der Waals surface area contributed by atoms with Gasteiger partial charge in [0.15, 0.2) is 0 Å². The minimum Gasteiger partial charge on any atom is -0.325 e. The molecular formula is C12H7BrF3NO4. The summed E-state index contributed by atoms with van der Waals surface area (Å²) in [7, 11) is 0. The predicted octanol–water partition coefficient (Wildman–Crippen LogP) is 2.69. The Hall–Kier alpha value is -1.90. The average Bonchev–Trinajstić information content (AvgIpc) is 2.69. The maximum atomic E-state index is 12.7. The van der Waals surface area contributed by atoms with Gasteiger partial charge in [-0.15, -0.1) is 5.06 Å². The van der Waals surface area contributed by atoms with Gasteiger partial charge in [-0.25, -0.2) is 4.79 Å². The fourth-order valence-electron chi connectivity index (χ4n) is 1.66. The van der Waals surface area contributed by atoms with Crippen LogP contribution in [0, 0.1) is 0 Å². The second-order valence-electron chi connectivity index (χ2n) is 4.15. The molecule has 0 aliphatic carbocycles. The zero-order chi connectivity index (χ0) is 15.8. The van der Waals surface area contributed by atoms with Crippen LogP contribution < -0.4 is 0 Å². The van der Waals surface area contributed by atoms with Gasteiger partial charge in [0.1, 0.15) is 0 Å². The highest BCUT2D eigenvalue weighted by molar-refractivity contribution is 9.10. The number of hydrogen-bond acceptors (Lipinski definition) is 4. The molecule has 0 unspecified atom stereocenters. The third-order valence-corrected chi connectivity index (χ3v) is 3.38. The lowest BCUT2D eigenvalue weighted by Crippen LogP contribution is -2.32. The molecule has 2 amide bonds. The lowest BCUT2D eigenvalue weighted by molar-refractivity contribution is -0.172. The maximum Gasteiger partial charge on any atom is 0.417 e. The van der Waals surface area contributed by atoms with E-state index in [2.05, 4.69) is 20.8 Å². The van der Waals surface area contributed by atoms with Crippen LogP contribution >= 0.6 is 15.9 Å². The minimum atomic E-state index is -4.66. The Balaban J connectivity index is 2.24. The molecule has 0 atom stereocenters. The number of amides is 2. The highest BCUT2D eigenvalue weighted by atomic mass is 79.9. The van der Waals surface area contributed by atoms with Crippen molar-refractivity contribution in [3.8, 4) is 0 Å². The van der Waals surface area contributed by atoms with E-state index in [0.29, 0.717) is 6.07 Å². The van der Waals surface area contributed by atoms with Crippen molar-refractivity contribution in [1.82, 2.24) is 5.06 Å². The van der Waals surface area contributed by atoms with Gasteiger partial charge in [0, 0.05) is 17.3 Å². The van der Waals surface area contributed by atoms with E-state index < -0.39 is 35.1 Å². The van der Waals surface area contributed by atoms with E-state index in [1.807, 2.05) is 0 Å². The monoisotopic (exact) mass is 365 g/mol. The molecule has 0 saturated carbocycles. The van der Waals surface area contributed by atoms with E-state index in [-0.39, 0.29) is 22.4 Å². The summed E-state index contributed by atoms with van der Waals surface area (Å²) in [5.41, 5.74) is -1.48. The Morgan fingerprint density at radius 1 is 1.19 bits per heavy atom. The van der Waals surface area contributed by atoms with Gasteiger partial charge in [-0.05, 0) is 18.2 Å². The van der Waals surface area contributed by atoms with Crippen molar-refractivity contribution < 1.29 is 32.4 Å². The Labute approximate surface area is 124 Å². The van der Waals surface area contributed by atoms with Crippen molar-refractivity contribution in [2.24, 2.45) is 0 Å². The second kappa shape index (κ2) is 5.47. The number of hydroxylamine groups is 2. The fourth-order valence-corrected chi connectivity index (χ4v) is 2.13. The van der Waals surface area contributed by atoms with Crippen LogP contribution in [0.4, 0.5) is 13.2 Å². The molecule has 0 bridgehead atoms. The number of halogens is 4. The molecule has 2 rings (SSSR count). The predicted molar refractivity (Wildman–Crippen MR) is 65.6 cm³/mol. The zero-order valence-electron chi connectivity index (χ0n) is 10.2. The standard InChI is InChI=1S/C12H7BrF3NO4/c13-8-2-1-6(5-7(8)12(14,15)16)11(20)21-17-9(18)3-4-10(17)19/h1-2,5H,3-4H2. The molecule has 1 aliphatic rings. The number of carbonyl (C=O) groups is 3. The number of benzene rings is 1. The van der Waals surface area contributed by atoms with E-state index in [9.17, 15) is 27.6 Å². The highest BCUT2D eigenvalue weighted by Crippen LogP contribution is 2.35. The summed E-state index contributed by atoms with van der Waals surface area (Å²) in [4.78, 5) is 38.8. The molecule has 21 heavy (non-hydrogen) atoms. The van der Waals surface area contributed by atoms with Crippen LogP contribution in [0.15, 0.2) is 22.7 Å². The van der Waals surface area contributed by atoms with Gasteiger partial charge in [-0.1, -0.05) is 15.9 Å². The molecule has 5 nitrogen and oxygen atoms in total. The second-order valence-corrected chi connectivity index (χ2v) is 5.01. The van der Waals surface area contributed by atoms with Crippen molar-refractivity contribution >= 4 is 33.7 Å². The van der Waals surface area contributed by atoms with E-state index >= 15 is 0 Å². The van der Waals surface area contributed by atoms with Gasteiger partial charge in [0.2, 0.25) is 0 Å². The summed E-state index contributed by atoms with van der Waals surface area (Å²) in [6, 6.07) is 2.71. The Kier molecular flexibility index (Phi) is 4.04. The van der Waals surface area contributed by atoms with E-state index in [1.165, 1.54) is 0 Å². The molecule has 0 spiro atoms. The van der Waals surface area contributed by atoms with Gasteiger partial charge < -0.3 is 4.84 Å². The molecule has 1 aromatic rings. The van der Waals surface area contributed by atoms with Crippen molar-refractivity contribution in [2.45, 2.75) is 19.0 Å². The molecule has 1 saturated heterocycles. The third kappa shape index (κ3) is 3.23. The van der Waals surface area contributed by atoms with E-state index in [4.69, 9.17) is 0 Å². The van der Waals surface area contributed by atoms with Gasteiger partial charge in [-0.2, -0.15) is 13.2 Å². The number of nitrogens with zero attached hydrogens (tertiary/aromatic N) is 1. The molecule has 9 heteroatoms. The summed E-state index contributed by atoms with van der Waals surface area (Å²) >= 11 is 2.73. The van der Waals surface area contributed by atoms with Crippen LogP contribution in [-0.2, 0) is 20.6 Å². The first kappa shape index (κ1) is 15.5. The molecule has 1 aromatic carbocycles. The zero-order valence-corrected chi connectivity index (χ0v) is 11.8. The SMILES string of the molecule is O=C(ON1C(=O)CCC1=O)c1ccc(Br)c(C(F)(F)F)c1. The van der Waals surface area contributed by atoms with E-state index in [1.54, 1.807) is 0 Å². The van der Waals surface area contributed by atoms with Crippen molar-refractivity contribution in [1.29, 1.82) is 0 Å². The van der Waals surface area contributed by atoms with Gasteiger partial charge in [-0.3, -0.25) is 9.59 Å². The van der Waals surface area contributed by atoms with Crippen molar-refractivity contribution in [3.63, 3.8) is 0 Å². The summed E-state index contributed by atoms with van der Waals surface area (Å²) in [5.74, 6) is -2.63. The van der Waals surface area contributed by atoms with Gasteiger partial charge in [0.25, 0.3) is 11.8 Å². The van der Waals surface area contributed by atoms with Gasteiger partial charge in [0.05, 0.1) is 11.1 Å². The molecule has 0 aromatic heterocycles. The smallest absolute Gasteiger partial charge is 0.325 e. The number of carbonyl (C=O) groups excluding carboxylic acids is 3. The largest absolute Gasteiger partial charge is 0.417 e. The van der Waals surface area contributed by atoms with Crippen LogP contribution in [0.3, 0.4) is 0 Å². The summed E-state index contributed by atoms with van der Waals surface area (Å²) in [6.07, 6.45) is -4.85. The topological polar surface area (TPSA) is 63.7 Å². The quantitative estimate of drug-likeness (QED) is 0.756. The molecule has 0 N–H and O–H groups in total. The number of rotatable bonds is 2. The fraction of sp³-hybridized carbons (Fsp3) is 0.250. The summed E-state index contributed by atoms with van der Waals surface area (Å²) < 4.78 is 37.9. The van der Waals surface area contributed by atoms with Crippen LogP contribution in [0.5, 0.6) is 0 Å². The number of hydrogen-bond donors (Lipinski definition) is 0. The average molecular weight is 366 g/mol. The Bertz CT molecular complexity index is 613. The van der Waals surface area contributed by atoms with Crippen LogP contribution in [0.1, 0.15) is 28.8 Å². The van der Waals surface area contributed by atoms with Crippen LogP contribution in [0.2, 0.25) is 0 Å². The van der Waals surface area contributed by atoms with E-state index in [0.717, 1.165) is 12.1 Å². The Morgan fingerprint density at radius 3 is 2.29 bits per heavy atom. The van der Waals surface area contributed by atoms with Crippen LogP contribution in [-0.4, -0.2) is 22.8 Å². The first-order chi connectivity index (χ1) is 9.70. The molecule has 1 aliphatic heterocycles. The lowest BCUT2D eigenvalue weighted by Gasteiger charge is -2.14. The first-order valence-electron chi connectivity index (χ1n) is 5.65. The minimum absolute atomic E-state index is 0.0970. The normalized spacial score (nSPS) is 15.5. The molecular weight excluding hydrogens is 359 g/mol. The first-order valence-corrected chi connectivity index (χ1v) is 6.44. The Morgan fingerprint density at radius 2 is 1.76 bits per heavy atom. The number of alkyl halides is 3. The van der Waals surface area contributed by atoms with Gasteiger partial charge >= 0.3 is 12.1 Å². The lowest BCUT2D eigenvalue weighted by atomic mass is 10.1. The maximum absolute atomic E-state index is 12.7. The molecule has 0 radical (unpaired) electrons. The third-order valence-electron chi connectivity index (χ3n) is 2.69. The summed E-state index contributed by atoms with van der Waals surface area (Å²) in [6.45, 7) is 0.